The van der Waals surface area contributed by atoms with E-state index in [1.54, 1.807) is 37.1 Å². The average molecular weight is 730 g/mol. The second kappa shape index (κ2) is 15.9. The van der Waals surface area contributed by atoms with Crippen LogP contribution in [-0.4, -0.2) is 86.1 Å². The summed E-state index contributed by atoms with van der Waals surface area (Å²) in [6, 6.07) is 8.68. The molecule has 2 heterocycles. The number of nitrogens with zero attached hydrogens (tertiary/aromatic N) is 5. The summed E-state index contributed by atoms with van der Waals surface area (Å²) in [5, 5.41) is 6.63. The zero-order valence-electron chi connectivity index (χ0n) is 29.1. The largest absolute Gasteiger partial charge is 0.497 e. The van der Waals surface area contributed by atoms with Crippen molar-refractivity contribution < 1.29 is 44.6 Å². The van der Waals surface area contributed by atoms with E-state index in [0.29, 0.717) is 12.2 Å². The highest BCUT2D eigenvalue weighted by atomic mass is 19.2. The third kappa shape index (κ3) is 7.67. The number of urea groups is 1. The second-order valence-electron chi connectivity index (χ2n) is 11.8. The predicted octanol–water partition coefficient (Wildman–Crippen LogP) is 5.04. The first-order valence-electron chi connectivity index (χ1n) is 16.3. The zero-order valence-corrected chi connectivity index (χ0v) is 29.1. The lowest BCUT2D eigenvalue weighted by molar-refractivity contribution is -0.133. The number of methoxy groups -OCH3 is 3. The van der Waals surface area contributed by atoms with Crippen molar-refractivity contribution in [3.05, 3.63) is 88.2 Å². The molecular weight excluding hydrogens is 687 g/mol. The molecule has 2 atom stereocenters. The third-order valence-corrected chi connectivity index (χ3v) is 8.67. The molecule has 1 aliphatic rings. The molecular formula is C35H42F3N7O7. The third-order valence-electron chi connectivity index (χ3n) is 8.67. The highest BCUT2D eigenvalue weighted by Gasteiger charge is 2.34. The summed E-state index contributed by atoms with van der Waals surface area (Å²) in [4.78, 5) is 61.0. The van der Waals surface area contributed by atoms with Crippen LogP contribution in [0.1, 0.15) is 35.0 Å². The monoisotopic (exact) mass is 729 g/mol. The maximum absolute atomic E-state index is 14.5. The molecule has 0 radical (unpaired) electrons. The SMILES string of the molecule is CC[C@H](NC(=O)OC)C(=O)N1CCN(n2c(C(C)N(C(=O)Nc3ccc(F)cc3)c3ccc(OC)cc3OC)nc3cc(F)c(F)cc3c2=O)CC1.[HH].[HH]. The van der Waals surface area contributed by atoms with Gasteiger partial charge in [-0.05, 0) is 55.8 Å². The molecule has 280 valence electrons. The number of carbonyl (C=O) groups is 3. The molecule has 0 bridgehead atoms. The van der Waals surface area contributed by atoms with Gasteiger partial charge in [-0.1, -0.05) is 6.92 Å². The number of hydrogen-bond donors (Lipinski definition) is 2. The van der Waals surface area contributed by atoms with Crippen LogP contribution in [0.3, 0.4) is 0 Å². The molecule has 52 heavy (non-hydrogen) atoms. The highest BCUT2D eigenvalue weighted by molar-refractivity contribution is 6.03. The molecule has 1 fully saturated rings. The van der Waals surface area contributed by atoms with Gasteiger partial charge in [0, 0.05) is 33.8 Å². The van der Waals surface area contributed by atoms with Crippen molar-refractivity contribution in [1.82, 2.24) is 19.9 Å². The summed E-state index contributed by atoms with van der Waals surface area (Å²) in [5.74, 6) is -2.74. The summed E-state index contributed by atoms with van der Waals surface area (Å²) in [6.45, 7) is 3.74. The molecule has 1 aromatic heterocycles. The van der Waals surface area contributed by atoms with Gasteiger partial charge < -0.3 is 34.8 Å². The van der Waals surface area contributed by atoms with Gasteiger partial charge in [-0.3, -0.25) is 14.5 Å². The Balaban J connectivity index is 0.00000392. The van der Waals surface area contributed by atoms with Gasteiger partial charge in [-0.2, -0.15) is 0 Å². The molecule has 14 nitrogen and oxygen atoms in total. The zero-order chi connectivity index (χ0) is 37.7. The van der Waals surface area contributed by atoms with Crippen molar-refractivity contribution in [2.75, 3.05) is 62.7 Å². The molecule has 1 unspecified atom stereocenters. The number of aromatic nitrogens is 2. The van der Waals surface area contributed by atoms with Crippen molar-refractivity contribution >= 4 is 40.3 Å². The van der Waals surface area contributed by atoms with Gasteiger partial charge in [-0.25, -0.2) is 32.4 Å². The number of amides is 4. The topological polar surface area (TPSA) is 148 Å². The number of hydrogen-bond acceptors (Lipinski definition) is 9. The van der Waals surface area contributed by atoms with E-state index in [0.717, 1.165) is 12.1 Å². The van der Waals surface area contributed by atoms with E-state index >= 15 is 0 Å². The molecule has 1 saturated heterocycles. The predicted molar refractivity (Wildman–Crippen MR) is 190 cm³/mol. The number of rotatable bonds is 10. The second-order valence-corrected chi connectivity index (χ2v) is 11.8. The van der Waals surface area contributed by atoms with Gasteiger partial charge >= 0.3 is 12.1 Å². The molecule has 5 rings (SSSR count). The Hall–Kier alpha value is -6.00. The number of piperazine rings is 1. The van der Waals surface area contributed by atoms with Crippen molar-refractivity contribution in [2.24, 2.45) is 0 Å². The quantitative estimate of drug-likeness (QED) is 0.229. The molecule has 1 aliphatic heterocycles. The maximum atomic E-state index is 14.5. The van der Waals surface area contributed by atoms with E-state index in [4.69, 9.17) is 9.47 Å². The Kier molecular flexibility index (Phi) is 11.4. The molecule has 0 aliphatic carbocycles. The lowest BCUT2D eigenvalue weighted by Gasteiger charge is -2.40. The van der Waals surface area contributed by atoms with Gasteiger partial charge in [0.25, 0.3) is 5.56 Å². The van der Waals surface area contributed by atoms with Crippen molar-refractivity contribution in [3.63, 3.8) is 0 Å². The van der Waals surface area contributed by atoms with Crippen molar-refractivity contribution in [2.45, 2.75) is 32.4 Å². The maximum Gasteiger partial charge on any atom is 0.407 e. The summed E-state index contributed by atoms with van der Waals surface area (Å²) >= 11 is 0. The lowest BCUT2D eigenvalue weighted by Crippen LogP contribution is -2.59. The number of halogens is 3. The van der Waals surface area contributed by atoms with Crippen LogP contribution in [0.2, 0.25) is 0 Å². The molecule has 4 aromatic rings. The van der Waals surface area contributed by atoms with Gasteiger partial charge in [0.2, 0.25) is 5.91 Å². The van der Waals surface area contributed by atoms with E-state index in [1.807, 2.05) is 0 Å². The average Bonchev–Trinajstić information content (AvgIpc) is 3.15. The first kappa shape index (κ1) is 37.3. The van der Waals surface area contributed by atoms with E-state index in [-0.39, 0.29) is 68.8 Å². The number of benzene rings is 3. The van der Waals surface area contributed by atoms with Crippen molar-refractivity contribution in [1.29, 1.82) is 0 Å². The van der Waals surface area contributed by atoms with Crippen LogP contribution in [0.4, 0.5) is 34.1 Å². The van der Waals surface area contributed by atoms with Crippen LogP contribution in [0.25, 0.3) is 10.9 Å². The Bertz CT molecular complexity index is 2030. The lowest BCUT2D eigenvalue weighted by atomic mass is 10.1. The number of alkyl carbamates (subject to hydrolysis) is 1. The minimum absolute atomic E-state index is 0. The summed E-state index contributed by atoms with van der Waals surface area (Å²) in [5.41, 5.74) is -0.424. The van der Waals surface area contributed by atoms with Crippen molar-refractivity contribution in [3.8, 4) is 11.5 Å². The normalized spacial score (nSPS) is 14.0. The Morgan fingerprint density at radius 1 is 0.942 bits per heavy atom. The van der Waals surface area contributed by atoms with Gasteiger partial charge in [-0.15, -0.1) is 0 Å². The fourth-order valence-corrected chi connectivity index (χ4v) is 5.92. The van der Waals surface area contributed by atoms with Crippen LogP contribution in [0.15, 0.2) is 59.4 Å². The Morgan fingerprint density at radius 3 is 2.23 bits per heavy atom. The van der Waals surface area contributed by atoms with Crippen LogP contribution in [0, 0.1) is 17.5 Å². The van der Waals surface area contributed by atoms with Gasteiger partial charge in [0.1, 0.15) is 23.4 Å². The summed E-state index contributed by atoms with van der Waals surface area (Å²) in [6.07, 6.45) is -0.451. The van der Waals surface area contributed by atoms with E-state index in [2.05, 4.69) is 20.4 Å². The summed E-state index contributed by atoms with van der Waals surface area (Å²) < 4.78 is 59.6. The highest BCUT2D eigenvalue weighted by Crippen LogP contribution is 2.37. The van der Waals surface area contributed by atoms with Crippen LogP contribution >= 0.6 is 0 Å². The number of nitrogens with one attached hydrogen (secondary N) is 2. The van der Waals surface area contributed by atoms with E-state index in [9.17, 15) is 32.3 Å². The fourth-order valence-electron chi connectivity index (χ4n) is 5.92. The van der Waals surface area contributed by atoms with Gasteiger partial charge in [0.05, 0.1) is 57.1 Å². The Labute approximate surface area is 299 Å². The molecule has 4 amide bonds. The number of ether oxygens (including phenoxy) is 3. The molecule has 17 heteroatoms. The summed E-state index contributed by atoms with van der Waals surface area (Å²) in [7, 11) is 4.05. The molecule has 3 aromatic carbocycles. The molecule has 0 spiro atoms. The minimum Gasteiger partial charge on any atom is -0.497 e. The van der Waals surface area contributed by atoms with Crippen LogP contribution in [0.5, 0.6) is 11.5 Å². The van der Waals surface area contributed by atoms with Gasteiger partial charge in [0.15, 0.2) is 17.5 Å². The smallest absolute Gasteiger partial charge is 0.407 e. The first-order chi connectivity index (χ1) is 24.9. The first-order valence-corrected chi connectivity index (χ1v) is 16.3. The standard InChI is InChI=1S/C35H38F3N7O7.2H2/c1-6-27(41-35(49)52-5)33(47)42-13-15-43(16-14-42)45-31(40-28-19-26(38)25(37)18-24(28)32(45)46)20(2)44(29-12-11-23(50-3)17-30(29)51-4)34(48)39-22-9-7-21(36)8-10-22;;/h7-12,17-20,27H,6,13-16H2,1-5H3,(H,39,48)(H,41,49);2*1H/t20?,27-;;/m0../s1. The number of fused-ring (bicyclic) bond motifs is 1. The van der Waals surface area contributed by atoms with Crippen LogP contribution < -0.4 is 35.6 Å². The fraction of sp³-hybridized carbons (Fsp3) is 0.343. The molecule has 2 N–H and O–H groups in total. The number of anilines is 2. The minimum atomic E-state index is -1.25. The van der Waals surface area contributed by atoms with Crippen LogP contribution in [-0.2, 0) is 9.53 Å². The van der Waals surface area contributed by atoms with E-state index in [1.165, 1.54) is 60.1 Å². The Morgan fingerprint density at radius 2 is 1.62 bits per heavy atom. The molecule has 0 saturated carbocycles. The number of carbonyl (C=O) groups excluding carboxylic acids is 3. The van der Waals surface area contributed by atoms with E-state index < -0.39 is 47.2 Å².